The second-order valence-electron chi connectivity index (χ2n) is 6.41. The highest BCUT2D eigenvalue weighted by Gasteiger charge is 2.33. The predicted octanol–water partition coefficient (Wildman–Crippen LogP) is 3.46. The minimum Gasteiger partial charge on any atom is -0.378 e. The summed E-state index contributed by atoms with van der Waals surface area (Å²) in [4.78, 5) is 2.32. The fourth-order valence-corrected chi connectivity index (χ4v) is 3.15. The normalized spacial score (nSPS) is 16.6. The van der Waals surface area contributed by atoms with E-state index in [0.29, 0.717) is 0 Å². The zero-order valence-electron chi connectivity index (χ0n) is 14.1. The van der Waals surface area contributed by atoms with E-state index in [1.165, 1.54) is 0 Å². The second-order valence-corrected chi connectivity index (χ2v) is 6.41. The van der Waals surface area contributed by atoms with Gasteiger partial charge in [0.15, 0.2) is 0 Å². The number of piperidine rings is 1. The van der Waals surface area contributed by atoms with Crippen LogP contribution < -0.4 is 0 Å². The van der Waals surface area contributed by atoms with Crippen molar-refractivity contribution in [2.45, 2.75) is 24.5 Å². The summed E-state index contributed by atoms with van der Waals surface area (Å²) in [7, 11) is 2.14. The summed E-state index contributed by atoms with van der Waals surface area (Å²) < 4.78 is 6.13. The standard InChI is InChI=1S/C20H25NO2.ClH/c1-21-14-12-19(13-15-21)23-16-20(22,17-8-4-2-5-9-17)18-10-6-3-7-11-18;/h2-11,19,22H,12-16H2,1H3;1H. The second kappa shape index (κ2) is 8.63. The Labute approximate surface area is 150 Å². The Bertz CT molecular complexity index is 558. The molecule has 0 spiro atoms. The molecule has 2 aromatic rings. The zero-order chi connectivity index (χ0) is 16.1. The molecule has 3 rings (SSSR count). The van der Waals surface area contributed by atoms with Crippen molar-refractivity contribution in [3.8, 4) is 0 Å². The largest absolute Gasteiger partial charge is 0.378 e. The quantitative estimate of drug-likeness (QED) is 0.899. The summed E-state index contributed by atoms with van der Waals surface area (Å²) in [5.74, 6) is 0. The van der Waals surface area contributed by atoms with E-state index in [9.17, 15) is 5.11 Å². The summed E-state index contributed by atoms with van der Waals surface area (Å²) in [6.45, 7) is 2.40. The fraction of sp³-hybridized carbons (Fsp3) is 0.400. The van der Waals surface area contributed by atoms with Gasteiger partial charge in [0, 0.05) is 13.1 Å². The highest BCUT2D eigenvalue weighted by Crippen LogP contribution is 2.31. The van der Waals surface area contributed by atoms with Gasteiger partial charge >= 0.3 is 0 Å². The van der Waals surface area contributed by atoms with E-state index in [0.717, 1.165) is 37.1 Å². The number of likely N-dealkylation sites (tertiary alicyclic amines) is 1. The minimum atomic E-state index is -1.11. The molecule has 1 aliphatic rings. The van der Waals surface area contributed by atoms with Crippen molar-refractivity contribution in [3.05, 3.63) is 71.8 Å². The van der Waals surface area contributed by atoms with Gasteiger partial charge in [0.2, 0.25) is 0 Å². The molecule has 0 saturated carbocycles. The third-order valence-corrected chi connectivity index (χ3v) is 4.70. The summed E-state index contributed by atoms with van der Waals surface area (Å²) in [5.41, 5.74) is 0.643. The molecular formula is C20H26ClNO2. The topological polar surface area (TPSA) is 32.7 Å². The summed E-state index contributed by atoms with van der Waals surface area (Å²) in [5, 5.41) is 11.4. The molecule has 130 valence electrons. The minimum absolute atomic E-state index is 0. The van der Waals surface area contributed by atoms with Crippen LogP contribution in [-0.4, -0.2) is 42.9 Å². The average Bonchev–Trinajstić information content (AvgIpc) is 2.62. The first kappa shape index (κ1) is 18.9. The maximum absolute atomic E-state index is 11.4. The maximum Gasteiger partial charge on any atom is 0.138 e. The SMILES string of the molecule is CN1CCC(OCC(O)(c2ccccc2)c2ccccc2)CC1.Cl. The molecule has 0 amide bonds. The van der Waals surface area contributed by atoms with E-state index >= 15 is 0 Å². The van der Waals surface area contributed by atoms with Crippen molar-refractivity contribution in [3.63, 3.8) is 0 Å². The molecule has 0 aliphatic carbocycles. The Morgan fingerprint density at radius 2 is 1.42 bits per heavy atom. The highest BCUT2D eigenvalue weighted by molar-refractivity contribution is 5.85. The van der Waals surface area contributed by atoms with Crippen LogP contribution in [0, 0.1) is 0 Å². The van der Waals surface area contributed by atoms with Gasteiger partial charge in [-0.15, -0.1) is 12.4 Å². The van der Waals surface area contributed by atoms with Gasteiger partial charge in [-0.3, -0.25) is 0 Å². The molecule has 1 saturated heterocycles. The molecule has 1 N–H and O–H groups in total. The molecule has 3 nitrogen and oxygen atoms in total. The van der Waals surface area contributed by atoms with Crippen LogP contribution in [0.25, 0.3) is 0 Å². The van der Waals surface area contributed by atoms with Crippen molar-refractivity contribution in [2.24, 2.45) is 0 Å². The van der Waals surface area contributed by atoms with Crippen LogP contribution in [0.5, 0.6) is 0 Å². The fourth-order valence-electron chi connectivity index (χ4n) is 3.15. The monoisotopic (exact) mass is 347 g/mol. The molecule has 0 bridgehead atoms. The summed E-state index contributed by atoms with van der Waals surface area (Å²) in [6, 6.07) is 19.6. The van der Waals surface area contributed by atoms with Crippen molar-refractivity contribution in [1.82, 2.24) is 4.90 Å². The van der Waals surface area contributed by atoms with Gasteiger partial charge in [0.05, 0.1) is 12.7 Å². The van der Waals surface area contributed by atoms with E-state index in [2.05, 4.69) is 11.9 Å². The molecule has 0 unspecified atom stereocenters. The van der Waals surface area contributed by atoms with Gasteiger partial charge in [-0.2, -0.15) is 0 Å². The van der Waals surface area contributed by atoms with E-state index < -0.39 is 5.60 Å². The first-order valence-electron chi connectivity index (χ1n) is 8.32. The highest BCUT2D eigenvalue weighted by atomic mass is 35.5. The van der Waals surface area contributed by atoms with Crippen LogP contribution in [0.3, 0.4) is 0 Å². The molecule has 24 heavy (non-hydrogen) atoms. The van der Waals surface area contributed by atoms with E-state index in [4.69, 9.17) is 4.74 Å². The van der Waals surface area contributed by atoms with Crippen molar-refractivity contribution in [2.75, 3.05) is 26.7 Å². The third kappa shape index (κ3) is 4.37. The van der Waals surface area contributed by atoms with Crippen LogP contribution in [-0.2, 0) is 10.3 Å². The van der Waals surface area contributed by atoms with Gasteiger partial charge in [-0.1, -0.05) is 60.7 Å². The van der Waals surface area contributed by atoms with Crippen molar-refractivity contribution >= 4 is 12.4 Å². The Balaban J connectivity index is 0.00000208. The molecule has 1 fully saturated rings. The number of nitrogens with zero attached hydrogens (tertiary/aromatic N) is 1. The molecule has 1 aliphatic heterocycles. The molecule has 4 heteroatoms. The number of aliphatic hydroxyl groups is 1. The van der Waals surface area contributed by atoms with Crippen LogP contribution in [0.1, 0.15) is 24.0 Å². The summed E-state index contributed by atoms with van der Waals surface area (Å²) >= 11 is 0. The van der Waals surface area contributed by atoms with Gasteiger partial charge in [-0.25, -0.2) is 0 Å². The predicted molar refractivity (Wildman–Crippen MR) is 99.6 cm³/mol. The Morgan fingerprint density at radius 3 is 1.88 bits per heavy atom. The molecule has 1 heterocycles. The van der Waals surface area contributed by atoms with E-state index in [1.807, 2.05) is 60.7 Å². The molecule has 2 aromatic carbocycles. The Kier molecular flexibility index (Phi) is 6.81. The number of ether oxygens (including phenoxy) is 1. The first-order valence-corrected chi connectivity index (χ1v) is 8.32. The number of halogens is 1. The number of hydrogen-bond acceptors (Lipinski definition) is 3. The number of hydrogen-bond donors (Lipinski definition) is 1. The first-order chi connectivity index (χ1) is 11.2. The molecule has 0 radical (unpaired) electrons. The molecule has 0 atom stereocenters. The van der Waals surface area contributed by atoms with Crippen LogP contribution in [0.15, 0.2) is 60.7 Å². The van der Waals surface area contributed by atoms with E-state index in [-0.39, 0.29) is 25.1 Å². The van der Waals surface area contributed by atoms with Crippen molar-refractivity contribution < 1.29 is 9.84 Å². The number of benzene rings is 2. The zero-order valence-corrected chi connectivity index (χ0v) is 14.9. The smallest absolute Gasteiger partial charge is 0.138 e. The van der Waals surface area contributed by atoms with Crippen LogP contribution >= 0.6 is 12.4 Å². The maximum atomic E-state index is 11.4. The lowest BCUT2D eigenvalue weighted by Crippen LogP contribution is -2.39. The van der Waals surface area contributed by atoms with Gasteiger partial charge in [-0.05, 0) is 31.0 Å². The van der Waals surface area contributed by atoms with Gasteiger partial charge in [0.1, 0.15) is 5.60 Å². The molecule has 0 aromatic heterocycles. The van der Waals surface area contributed by atoms with Gasteiger partial charge in [0.25, 0.3) is 0 Å². The molecular weight excluding hydrogens is 322 g/mol. The van der Waals surface area contributed by atoms with Crippen molar-refractivity contribution in [1.29, 1.82) is 0 Å². The Hall–Kier alpha value is -1.39. The average molecular weight is 348 g/mol. The van der Waals surface area contributed by atoms with Crippen LogP contribution in [0.2, 0.25) is 0 Å². The van der Waals surface area contributed by atoms with Crippen LogP contribution in [0.4, 0.5) is 0 Å². The third-order valence-electron chi connectivity index (χ3n) is 4.70. The van der Waals surface area contributed by atoms with E-state index in [1.54, 1.807) is 0 Å². The van der Waals surface area contributed by atoms with Gasteiger partial charge < -0.3 is 14.7 Å². The Morgan fingerprint density at radius 1 is 0.958 bits per heavy atom. The lowest BCUT2D eigenvalue weighted by Gasteiger charge is -2.34. The number of rotatable bonds is 5. The lowest BCUT2D eigenvalue weighted by atomic mass is 9.87. The summed E-state index contributed by atoms with van der Waals surface area (Å²) in [6.07, 6.45) is 2.27. The lowest BCUT2D eigenvalue weighted by molar-refractivity contribution is -0.0689.